The molecule has 7 heteroatoms. The molecule has 2 aromatic heterocycles. The van der Waals surface area contributed by atoms with Gasteiger partial charge in [0.15, 0.2) is 0 Å². The summed E-state index contributed by atoms with van der Waals surface area (Å²) >= 11 is 0. The van der Waals surface area contributed by atoms with Gasteiger partial charge in [-0.2, -0.15) is 5.10 Å². The van der Waals surface area contributed by atoms with Gasteiger partial charge in [-0.1, -0.05) is 30.3 Å². The second-order valence-corrected chi connectivity index (χ2v) is 9.84. The molecule has 6 bridgehead atoms. The molecule has 3 aliphatic rings. The molecule has 0 radical (unpaired) electrons. The molecule has 33 heavy (non-hydrogen) atoms. The number of nitrogens with zero attached hydrogens (tertiary/aromatic N) is 3. The number of aryl methyl sites for hydroxylation is 1. The van der Waals surface area contributed by atoms with Gasteiger partial charge >= 0.3 is 0 Å². The molecule has 4 atom stereocenters. The van der Waals surface area contributed by atoms with Gasteiger partial charge in [-0.15, -0.1) is 0 Å². The minimum absolute atomic E-state index is 0.176. The molecule has 4 heterocycles. The number of imidazole rings is 1. The van der Waals surface area contributed by atoms with E-state index in [9.17, 15) is 0 Å². The fraction of sp³-hybridized carbons (Fsp3) is 0.385. The van der Waals surface area contributed by atoms with E-state index in [1.807, 2.05) is 0 Å². The van der Waals surface area contributed by atoms with Crippen molar-refractivity contribution >= 4 is 11.0 Å². The SMILES string of the molecule is Cn1ncc2c1CNCc1cccc(c1)-c1cccc3[nH]c(nc13)C1NNC3CCC2CC31. The monoisotopic (exact) mass is 439 g/mol. The van der Waals surface area contributed by atoms with Gasteiger partial charge in [-0.25, -0.2) is 10.4 Å². The van der Waals surface area contributed by atoms with Gasteiger partial charge in [0, 0.05) is 31.7 Å². The molecule has 1 saturated heterocycles. The van der Waals surface area contributed by atoms with Crippen LogP contribution < -0.4 is 16.2 Å². The van der Waals surface area contributed by atoms with Crippen molar-refractivity contribution in [2.75, 3.05) is 0 Å². The van der Waals surface area contributed by atoms with Gasteiger partial charge in [0.2, 0.25) is 0 Å². The number of hydrogen-bond acceptors (Lipinski definition) is 5. The van der Waals surface area contributed by atoms with Crippen molar-refractivity contribution in [3.8, 4) is 11.1 Å². The Morgan fingerprint density at radius 3 is 2.94 bits per heavy atom. The number of rotatable bonds is 0. The van der Waals surface area contributed by atoms with Crippen LogP contribution >= 0.6 is 0 Å². The van der Waals surface area contributed by atoms with Crippen LogP contribution in [0.2, 0.25) is 0 Å². The Labute approximate surface area is 193 Å². The molecular formula is C26H29N7. The number of para-hydroxylation sites is 1. The summed E-state index contributed by atoms with van der Waals surface area (Å²) in [6.07, 6.45) is 5.59. The highest BCUT2D eigenvalue weighted by molar-refractivity contribution is 5.92. The average molecular weight is 440 g/mol. The van der Waals surface area contributed by atoms with Crippen molar-refractivity contribution in [2.45, 2.75) is 50.4 Å². The lowest BCUT2D eigenvalue weighted by Gasteiger charge is -2.33. The lowest BCUT2D eigenvalue weighted by atomic mass is 9.73. The summed E-state index contributed by atoms with van der Waals surface area (Å²) in [5, 5.41) is 8.33. The number of fused-ring (bicyclic) bond motifs is 8. The summed E-state index contributed by atoms with van der Waals surface area (Å²) in [6, 6.07) is 15.9. The molecule has 4 N–H and O–H groups in total. The maximum Gasteiger partial charge on any atom is 0.126 e. The first-order valence-electron chi connectivity index (χ1n) is 12.0. The number of hydrogen-bond donors (Lipinski definition) is 4. The second kappa shape index (κ2) is 7.52. The predicted octanol–water partition coefficient (Wildman–Crippen LogP) is 3.67. The topological polar surface area (TPSA) is 82.6 Å². The van der Waals surface area contributed by atoms with Crippen molar-refractivity contribution in [1.82, 2.24) is 35.9 Å². The lowest BCUT2D eigenvalue weighted by molar-refractivity contribution is 0.274. The Kier molecular flexibility index (Phi) is 4.43. The molecule has 7 nitrogen and oxygen atoms in total. The quantitative estimate of drug-likeness (QED) is 0.336. The number of H-pyrrole nitrogens is 1. The number of nitrogens with one attached hydrogen (secondary N) is 4. The molecule has 4 unspecified atom stereocenters. The minimum atomic E-state index is 0.176. The number of aromatic amines is 1. The van der Waals surface area contributed by atoms with Crippen LogP contribution in [0.3, 0.4) is 0 Å². The number of benzene rings is 2. The smallest absolute Gasteiger partial charge is 0.126 e. The van der Waals surface area contributed by atoms with Crippen LogP contribution in [0.15, 0.2) is 48.7 Å². The molecule has 2 fully saturated rings. The second-order valence-electron chi connectivity index (χ2n) is 9.84. The van der Waals surface area contributed by atoms with E-state index < -0.39 is 0 Å². The molecule has 2 aromatic carbocycles. The van der Waals surface area contributed by atoms with Crippen molar-refractivity contribution < 1.29 is 0 Å². The van der Waals surface area contributed by atoms with Crippen molar-refractivity contribution in [2.24, 2.45) is 13.0 Å². The van der Waals surface area contributed by atoms with Crippen molar-refractivity contribution in [3.63, 3.8) is 0 Å². The Bertz CT molecular complexity index is 1340. The summed E-state index contributed by atoms with van der Waals surface area (Å²) < 4.78 is 2.05. The van der Waals surface area contributed by atoms with E-state index in [4.69, 9.17) is 4.98 Å². The molecular weight excluding hydrogens is 410 g/mol. The summed E-state index contributed by atoms with van der Waals surface area (Å²) in [7, 11) is 2.07. The standard InChI is InChI=1S/C26H29N7/c1-33-23-14-27-12-15-4-2-5-16(10-15)18-6-3-7-22-24(18)30-26(29-22)25-19-11-17(20(23)13-28-33)8-9-21(19)31-32-25/h2-7,10,13,17,19,21,25,27,31-32H,8-9,11-12,14H2,1H3,(H,29,30). The molecule has 0 amide bonds. The van der Waals surface area contributed by atoms with Gasteiger partial charge in [-0.05, 0) is 59.9 Å². The van der Waals surface area contributed by atoms with Gasteiger partial charge in [0.25, 0.3) is 0 Å². The van der Waals surface area contributed by atoms with Crippen LogP contribution in [0.5, 0.6) is 0 Å². The van der Waals surface area contributed by atoms with Crippen LogP contribution in [0.25, 0.3) is 22.2 Å². The van der Waals surface area contributed by atoms with Crippen LogP contribution in [0, 0.1) is 5.92 Å². The Morgan fingerprint density at radius 2 is 1.97 bits per heavy atom. The molecule has 2 aliphatic heterocycles. The zero-order chi connectivity index (χ0) is 21.9. The van der Waals surface area contributed by atoms with Crippen molar-refractivity contribution in [3.05, 3.63) is 71.3 Å². The van der Waals surface area contributed by atoms with Crippen LogP contribution in [-0.4, -0.2) is 25.8 Å². The zero-order valence-corrected chi connectivity index (χ0v) is 18.8. The van der Waals surface area contributed by atoms with E-state index in [1.165, 1.54) is 34.4 Å². The highest BCUT2D eigenvalue weighted by Crippen LogP contribution is 2.44. The van der Waals surface area contributed by atoms with Crippen molar-refractivity contribution in [1.29, 1.82) is 0 Å². The summed E-state index contributed by atoms with van der Waals surface area (Å²) in [6.45, 7) is 1.65. The van der Waals surface area contributed by atoms with E-state index in [0.717, 1.165) is 42.8 Å². The highest BCUT2D eigenvalue weighted by Gasteiger charge is 2.43. The maximum absolute atomic E-state index is 5.16. The summed E-state index contributed by atoms with van der Waals surface area (Å²) in [4.78, 5) is 8.81. The summed E-state index contributed by atoms with van der Waals surface area (Å²) in [5.41, 5.74) is 15.7. The van der Waals surface area contributed by atoms with Gasteiger partial charge in [0.1, 0.15) is 5.82 Å². The third-order valence-corrected chi connectivity index (χ3v) is 7.97. The van der Waals surface area contributed by atoms with Crippen LogP contribution in [-0.2, 0) is 20.1 Å². The Morgan fingerprint density at radius 1 is 1.03 bits per heavy atom. The molecule has 7 rings (SSSR count). The lowest BCUT2D eigenvalue weighted by Crippen LogP contribution is -2.35. The van der Waals surface area contributed by atoms with E-state index >= 15 is 0 Å². The van der Waals surface area contributed by atoms with Crippen LogP contribution in [0.4, 0.5) is 0 Å². The van der Waals surface area contributed by atoms with Gasteiger partial charge < -0.3 is 10.3 Å². The molecule has 1 aliphatic carbocycles. The van der Waals surface area contributed by atoms with E-state index in [-0.39, 0.29) is 6.04 Å². The first-order chi connectivity index (χ1) is 16.2. The van der Waals surface area contributed by atoms with Gasteiger partial charge in [0.05, 0.1) is 29.0 Å². The number of aromatic nitrogens is 4. The average Bonchev–Trinajstić information content (AvgIpc) is 3.54. The third-order valence-electron chi connectivity index (χ3n) is 7.97. The van der Waals surface area contributed by atoms with Crippen LogP contribution in [0.1, 0.15) is 53.9 Å². The first kappa shape index (κ1) is 19.5. The van der Waals surface area contributed by atoms with E-state index in [1.54, 1.807) is 0 Å². The van der Waals surface area contributed by atoms with E-state index in [0.29, 0.717) is 17.9 Å². The number of hydrazine groups is 1. The fourth-order valence-electron chi connectivity index (χ4n) is 6.25. The molecule has 0 spiro atoms. The molecule has 1 saturated carbocycles. The Hall–Kier alpha value is -3.00. The first-order valence-corrected chi connectivity index (χ1v) is 12.0. The minimum Gasteiger partial charge on any atom is -0.341 e. The van der Waals surface area contributed by atoms with Gasteiger partial charge in [-0.3, -0.25) is 10.1 Å². The largest absolute Gasteiger partial charge is 0.341 e. The maximum atomic E-state index is 5.16. The normalized spacial score (nSPS) is 26.6. The fourth-order valence-corrected chi connectivity index (χ4v) is 6.25. The molecule has 168 valence electrons. The predicted molar refractivity (Wildman–Crippen MR) is 128 cm³/mol. The molecule has 4 aromatic rings. The summed E-state index contributed by atoms with van der Waals surface area (Å²) in [5.74, 6) is 2.05. The Balaban J connectivity index is 1.38. The zero-order valence-electron chi connectivity index (χ0n) is 18.8. The van der Waals surface area contributed by atoms with E-state index in [2.05, 4.69) is 86.6 Å². The highest BCUT2D eigenvalue weighted by atomic mass is 15.4. The third kappa shape index (κ3) is 3.14.